The number of likely N-dealkylation sites (tertiary alicyclic amines) is 1. The molecule has 0 unspecified atom stereocenters. The van der Waals surface area contributed by atoms with Crippen LogP contribution < -0.4 is 9.62 Å². The van der Waals surface area contributed by atoms with Crippen molar-refractivity contribution in [1.82, 2.24) is 10.2 Å². The van der Waals surface area contributed by atoms with Crippen LogP contribution in [0.5, 0.6) is 0 Å². The average Bonchev–Trinajstić information content (AvgIpc) is 2.91. The molecule has 1 amide bonds. The Morgan fingerprint density at radius 3 is 2.26 bits per heavy atom. The lowest BCUT2D eigenvalue weighted by atomic mass is 10.0. The van der Waals surface area contributed by atoms with E-state index < -0.39 is 34.2 Å². The maximum atomic E-state index is 13.5. The van der Waals surface area contributed by atoms with Crippen molar-refractivity contribution in [3.8, 4) is 0 Å². The minimum absolute atomic E-state index is 0.120. The first-order chi connectivity index (χ1) is 18.5. The summed E-state index contributed by atoms with van der Waals surface area (Å²) in [6.45, 7) is 4.07. The van der Waals surface area contributed by atoms with Gasteiger partial charge in [-0.05, 0) is 74.3 Å². The molecule has 10 heteroatoms. The van der Waals surface area contributed by atoms with Gasteiger partial charge < -0.3 is 5.32 Å². The molecule has 1 N–H and O–H groups in total. The molecule has 1 heterocycles. The maximum absolute atomic E-state index is 13.5. The predicted octanol–water partition coefficient (Wildman–Crippen LogP) is 5.51. The van der Waals surface area contributed by atoms with E-state index in [1.54, 1.807) is 19.1 Å². The summed E-state index contributed by atoms with van der Waals surface area (Å²) in [6.07, 6.45) is -1.14. The second kappa shape index (κ2) is 12.2. The molecule has 3 aromatic carbocycles. The maximum Gasteiger partial charge on any atom is 0.416 e. The van der Waals surface area contributed by atoms with Crippen molar-refractivity contribution in [2.75, 3.05) is 23.9 Å². The molecule has 0 spiro atoms. The third kappa shape index (κ3) is 7.39. The molecule has 0 aliphatic carbocycles. The summed E-state index contributed by atoms with van der Waals surface area (Å²) in [4.78, 5) is 15.3. The number of benzene rings is 3. The minimum atomic E-state index is -4.67. The Morgan fingerprint density at radius 2 is 1.59 bits per heavy atom. The van der Waals surface area contributed by atoms with Gasteiger partial charge in [-0.2, -0.15) is 13.2 Å². The van der Waals surface area contributed by atoms with Crippen LogP contribution in [0, 0.1) is 6.92 Å². The molecule has 1 aliphatic heterocycles. The SMILES string of the molecule is Cc1ccc(S(=O)(=O)N(CC(=O)NCc2ccccc2CN2CCCCC2)c2cccc(C(F)(F)F)c2)cc1. The van der Waals surface area contributed by atoms with Crippen LogP contribution in [0.1, 0.15) is 41.5 Å². The molecular formula is C29H32F3N3O3S. The number of alkyl halides is 3. The average molecular weight is 560 g/mol. The number of nitrogens with one attached hydrogen (secondary N) is 1. The van der Waals surface area contributed by atoms with Gasteiger partial charge in [0.15, 0.2) is 0 Å². The molecule has 0 atom stereocenters. The van der Waals surface area contributed by atoms with Gasteiger partial charge in [-0.15, -0.1) is 0 Å². The lowest BCUT2D eigenvalue weighted by Gasteiger charge is -2.27. The summed E-state index contributed by atoms with van der Waals surface area (Å²) < 4.78 is 68.1. The summed E-state index contributed by atoms with van der Waals surface area (Å²) in [5.74, 6) is -0.629. The molecule has 3 aromatic rings. The van der Waals surface area contributed by atoms with E-state index in [1.165, 1.54) is 24.6 Å². The van der Waals surface area contributed by atoms with Gasteiger partial charge in [0.05, 0.1) is 16.1 Å². The number of sulfonamides is 1. The molecule has 1 fully saturated rings. The molecule has 0 aromatic heterocycles. The highest BCUT2D eigenvalue weighted by Gasteiger charge is 2.33. The van der Waals surface area contributed by atoms with E-state index >= 15 is 0 Å². The number of carbonyl (C=O) groups is 1. The van der Waals surface area contributed by atoms with Gasteiger partial charge >= 0.3 is 6.18 Å². The predicted molar refractivity (Wildman–Crippen MR) is 145 cm³/mol. The minimum Gasteiger partial charge on any atom is -0.350 e. The van der Waals surface area contributed by atoms with Gasteiger partial charge in [0.25, 0.3) is 10.0 Å². The first-order valence-corrected chi connectivity index (χ1v) is 14.3. The number of hydrogen-bond acceptors (Lipinski definition) is 4. The van der Waals surface area contributed by atoms with E-state index in [2.05, 4.69) is 10.2 Å². The van der Waals surface area contributed by atoms with E-state index in [4.69, 9.17) is 0 Å². The topological polar surface area (TPSA) is 69.7 Å². The van der Waals surface area contributed by atoms with E-state index in [1.807, 2.05) is 24.3 Å². The second-order valence-corrected chi connectivity index (χ2v) is 11.6. The molecule has 0 bridgehead atoms. The largest absolute Gasteiger partial charge is 0.416 e. The van der Waals surface area contributed by atoms with Crippen LogP contribution in [-0.2, 0) is 34.1 Å². The number of aryl methyl sites for hydroxylation is 1. The number of anilines is 1. The van der Waals surface area contributed by atoms with Crippen molar-refractivity contribution in [3.05, 3.63) is 95.1 Å². The van der Waals surface area contributed by atoms with Crippen molar-refractivity contribution < 1.29 is 26.4 Å². The van der Waals surface area contributed by atoms with Crippen LogP contribution >= 0.6 is 0 Å². The van der Waals surface area contributed by atoms with Crippen LogP contribution in [0.15, 0.2) is 77.7 Å². The smallest absolute Gasteiger partial charge is 0.350 e. The molecule has 39 heavy (non-hydrogen) atoms. The molecule has 0 radical (unpaired) electrons. The van der Waals surface area contributed by atoms with E-state index in [9.17, 15) is 26.4 Å². The van der Waals surface area contributed by atoms with E-state index in [-0.39, 0.29) is 17.1 Å². The van der Waals surface area contributed by atoms with Crippen LogP contribution in [0.25, 0.3) is 0 Å². The summed E-state index contributed by atoms with van der Waals surface area (Å²) in [5, 5.41) is 2.77. The van der Waals surface area contributed by atoms with Crippen LogP contribution in [0.2, 0.25) is 0 Å². The fraction of sp³-hybridized carbons (Fsp3) is 0.345. The second-order valence-electron chi connectivity index (χ2n) is 9.76. The zero-order valence-corrected chi connectivity index (χ0v) is 22.6. The first kappa shape index (κ1) is 28.6. The van der Waals surface area contributed by atoms with Crippen molar-refractivity contribution in [1.29, 1.82) is 0 Å². The highest BCUT2D eigenvalue weighted by Crippen LogP contribution is 2.33. The van der Waals surface area contributed by atoms with Gasteiger partial charge in [-0.25, -0.2) is 8.42 Å². The summed E-state index contributed by atoms with van der Waals surface area (Å²) in [5.41, 5.74) is 1.55. The number of nitrogens with zero attached hydrogens (tertiary/aromatic N) is 2. The Labute approximate surface area is 227 Å². The number of amides is 1. The molecule has 6 nitrogen and oxygen atoms in total. The zero-order valence-electron chi connectivity index (χ0n) is 21.7. The van der Waals surface area contributed by atoms with Gasteiger partial charge in [-0.1, -0.05) is 54.4 Å². The lowest BCUT2D eigenvalue weighted by molar-refractivity contribution is -0.137. The number of piperidine rings is 1. The van der Waals surface area contributed by atoms with E-state index in [0.717, 1.165) is 71.7 Å². The Balaban J connectivity index is 1.56. The van der Waals surface area contributed by atoms with Crippen molar-refractivity contribution in [2.45, 2.75) is 50.3 Å². The first-order valence-electron chi connectivity index (χ1n) is 12.9. The quantitative estimate of drug-likeness (QED) is 0.375. The standard InChI is InChI=1S/C29H32F3N3O3S/c1-22-12-14-27(15-13-22)39(37,38)35(26-11-7-10-25(18-26)29(30,31)32)21-28(36)33-19-23-8-3-4-9-24(23)20-34-16-5-2-6-17-34/h3-4,7-15,18H,2,5-6,16-17,19-21H2,1H3,(H,33,36). The van der Waals surface area contributed by atoms with Gasteiger partial charge in [0.2, 0.25) is 5.91 Å². The number of halogens is 3. The summed E-state index contributed by atoms with van der Waals surface area (Å²) in [6, 6.07) is 17.7. The Morgan fingerprint density at radius 1 is 0.923 bits per heavy atom. The van der Waals surface area contributed by atoms with Gasteiger partial charge in [0, 0.05) is 13.1 Å². The summed E-state index contributed by atoms with van der Waals surface area (Å²) >= 11 is 0. The van der Waals surface area contributed by atoms with Gasteiger partial charge in [0.1, 0.15) is 6.54 Å². The Kier molecular flexibility index (Phi) is 8.97. The third-order valence-corrected chi connectivity index (χ3v) is 8.58. The van der Waals surface area contributed by atoms with Crippen molar-refractivity contribution in [2.24, 2.45) is 0 Å². The Bertz CT molecular complexity index is 1390. The number of carbonyl (C=O) groups excluding carboxylic acids is 1. The van der Waals surface area contributed by atoms with Crippen LogP contribution in [-0.4, -0.2) is 38.9 Å². The molecule has 208 valence electrons. The zero-order chi connectivity index (χ0) is 28.0. The Hall–Kier alpha value is -3.37. The van der Waals surface area contributed by atoms with Gasteiger partial charge in [-0.3, -0.25) is 14.0 Å². The normalized spacial score (nSPS) is 14.7. The van der Waals surface area contributed by atoms with E-state index in [0.29, 0.717) is 0 Å². The third-order valence-electron chi connectivity index (χ3n) is 6.79. The highest BCUT2D eigenvalue weighted by molar-refractivity contribution is 7.92. The number of hydrogen-bond donors (Lipinski definition) is 1. The summed E-state index contributed by atoms with van der Waals surface area (Å²) in [7, 11) is -4.34. The number of rotatable bonds is 9. The molecular weight excluding hydrogens is 527 g/mol. The van der Waals surface area contributed by atoms with Crippen LogP contribution in [0.3, 0.4) is 0 Å². The molecule has 1 aliphatic rings. The molecule has 0 saturated carbocycles. The molecule has 4 rings (SSSR count). The lowest BCUT2D eigenvalue weighted by Crippen LogP contribution is -2.41. The molecule has 1 saturated heterocycles. The highest BCUT2D eigenvalue weighted by atomic mass is 32.2. The van der Waals surface area contributed by atoms with Crippen LogP contribution in [0.4, 0.5) is 18.9 Å². The monoisotopic (exact) mass is 559 g/mol. The fourth-order valence-electron chi connectivity index (χ4n) is 4.61. The fourth-order valence-corrected chi connectivity index (χ4v) is 6.03. The van der Waals surface area contributed by atoms with Crippen molar-refractivity contribution in [3.63, 3.8) is 0 Å². The van der Waals surface area contributed by atoms with Crippen molar-refractivity contribution >= 4 is 21.6 Å².